The van der Waals surface area contributed by atoms with Crippen LogP contribution in [0.1, 0.15) is 42.4 Å². The lowest BCUT2D eigenvalue weighted by molar-refractivity contribution is -0.112. The highest BCUT2D eigenvalue weighted by atomic mass is 32.2. The number of ether oxygens (including phenoxy) is 1. The number of aromatic nitrogens is 2. The van der Waals surface area contributed by atoms with Crippen LogP contribution in [0.25, 0.3) is 16.5 Å². The number of amides is 1. The van der Waals surface area contributed by atoms with Crippen molar-refractivity contribution in [2.24, 2.45) is 0 Å². The standard InChI is InChI=1S/C32H36N4O4S/c1-22-9-11-23(12-10-22)36-29(21-28(34-36)32(2,3)4)33-31(38)30(37)26-13-14-27(25-8-6-5-7-24(25)26)40-18-15-35-16-19-41(39)20-17-35/h5-14,21H,15-20H2,1-4H3,(H,33,38). The largest absolute Gasteiger partial charge is 0.616 e. The fourth-order valence-electron chi connectivity index (χ4n) is 4.79. The number of nitrogens with one attached hydrogen (secondary N) is 1. The Morgan fingerprint density at radius 2 is 1.68 bits per heavy atom. The number of carbonyl (C=O) groups excluding carboxylic acids is 2. The third-order valence-electron chi connectivity index (χ3n) is 7.27. The first-order valence-corrected chi connectivity index (χ1v) is 15.3. The fraction of sp³-hybridized carbons (Fsp3) is 0.344. The van der Waals surface area contributed by atoms with Gasteiger partial charge in [0.15, 0.2) is 0 Å². The molecule has 1 amide bonds. The maximum Gasteiger partial charge on any atom is 0.297 e. The number of rotatable bonds is 8. The molecule has 0 radical (unpaired) electrons. The van der Waals surface area contributed by atoms with Crippen LogP contribution < -0.4 is 10.1 Å². The van der Waals surface area contributed by atoms with E-state index in [1.54, 1.807) is 16.8 Å². The number of hydrogen-bond donors (Lipinski definition) is 1. The van der Waals surface area contributed by atoms with E-state index in [9.17, 15) is 14.1 Å². The van der Waals surface area contributed by atoms with Crippen molar-refractivity contribution in [3.63, 3.8) is 0 Å². The van der Waals surface area contributed by atoms with Gasteiger partial charge in [-0.3, -0.25) is 14.5 Å². The van der Waals surface area contributed by atoms with Crippen molar-refractivity contribution in [1.82, 2.24) is 14.7 Å². The van der Waals surface area contributed by atoms with Gasteiger partial charge in [0.2, 0.25) is 0 Å². The smallest absolute Gasteiger partial charge is 0.297 e. The molecule has 1 aliphatic rings. The molecule has 0 bridgehead atoms. The van der Waals surface area contributed by atoms with E-state index in [2.05, 4.69) is 31.0 Å². The second-order valence-electron chi connectivity index (χ2n) is 11.4. The number of anilines is 1. The maximum absolute atomic E-state index is 13.5. The zero-order valence-corrected chi connectivity index (χ0v) is 24.8. The minimum absolute atomic E-state index is 0.252. The molecule has 1 N–H and O–H groups in total. The summed E-state index contributed by atoms with van der Waals surface area (Å²) in [4.78, 5) is 29.1. The van der Waals surface area contributed by atoms with E-state index in [0.29, 0.717) is 40.6 Å². The quantitative estimate of drug-likeness (QED) is 0.183. The van der Waals surface area contributed by atoms with Gasteiger partial charge in [0.25, 0.3) is 11.7 Å². The molecule has 0 unspecified atom stereocenters. The molecule has 41 heavy (non-hydrogen) atoms. The van der Waals surface area contributed by atoms with Crippen LogP contribution in [0.3, 0.4) is 0 Å². The highest BCUT2D eigenvalue weighted by Crippen LogP contribution is 2.30. The number of benzene rings is 3. The van der Waals surface area contributed by atoms with Crippen molar-refractivity contribution in [2.75, 3.05) is 43.1 Å². The summed E-state index contributed by atoms with van der Waals surface area (Å²) in [7, 11) is 0. The van der Waals surface area contributed by atoms with E-state index in [-0.39, 0.29) is 5.41 Å². The predicted octanol–water partition coefficient (Wildman–Crippen LogP) is 4.90. The average Bonchev–Trinajstić information content (AvgIpc) is 3.38. The van der Waals surface area contributed by atoms with Crippen molar-refractivity contribution in [1.29, 1.82) is 0 Å². The Balaban J connectivity index is 1.36. The van der Waals surface area contributed by atoms with Gasteiger partial charge in [0, 0.05) is 42.1 Å². The number of ketones is 1. The highest BCUT2D eigenvalue weighted by Gasteiger charge is 2.25. The number of aryl methyl sites for hydroxylation is 1. The third kappa shape index (κ3) is 6.64. The van der Waals surface area contributed by atoms with Crippen LogP contribution in [-0.4, -0.2) is 68.7 Å². The van der Waals surface area contributed by atoms with E-state index in [0.717, 1.165) is 42.0 Å². The first kappa shape index (κ1) is 28.9. The molecule has 0 aliphatic carbocycles. The van der Waals surface area contributed by atoms with Gasteiger partial charge in [-0.25, -0.2) is 4.68 Å². The summed E-state index contributed by atoms with van der Waals surface area (Å²) in [5, 5.41) is 8.99. The van der Waals surface area contributed by atoms with E-state index in [1.807, 2.05) is 61.5 Å². The van der Waals surface area contributed by atoms with Gasteiger partial charge >= 0.3 is 0 Å². The summed E-state index contributed by atoms with van der Waals surface area (Å²) in [6.45, 7) is 11.0. The number of Topliss-reactive ketones (excluding diaryl/α,β-unsaturated/α-hetero) is 1. The molecular formula is C32H36N4O4S. The molecule has 1 saturated heterocycles. The van der Waals surface area contributed by atoms with Crippen molar-refractivity contribution < 1.29 is 18.9 Å². The Labute approximate surface area is 243 Å². The fourth-order valence-corrected chi connectivity index (χ4v) is 5.92. The van der Waals surface area contributed by atoms with Crippen LogP contribution >= 0.6 is 0 Å². The van der Waals surface area contributed by atoms with Crippen molar-refractivity contribution >= 4 is 39.5 Å². The van der Waals surface area contributed by atoms with Crippen LogP contribution in [-0.2, 0) is 21.4 Å². The first-order valence-electron chi connectivity index (χ1n) is 13.9. The molecule has 214 valence electrons. The molecule has 5 rings (SSSR count). The summed E-state index contributed by atoms with van der Waals surface area (Å²) in [5.74, 6) is 1.12. The molecule has 3 aromatic carbocycles. The van der Waals surface area contributed by atoms with Crippen molar-refractivity contribution in [2.45, 2.75) is 33.1 Å². The van der Waals surface area contributed by atoms with Crippen molar-refractivity contribution in [3.05, 3.63) is 83.6 Å². The Kier molecular flexibility index (Phi) is 8.49. The molecule has 1 aliphatic heterocycles. The molecular weight excluding hydrogens is 536 g/mol. The second-order valence-corrected chi connectivity index (χ2v) is 13.1. The van der Waals surface area contributed by atoms with E-state index in [1.165, 1.54) is 0 Å². The topological polar surface area (TPSA) is 99.5 Å². The third-order valence-corrected chi connectivity index (χ3v) is 8.54. The van der Waals surface area contributed by atoms with Crippen LogP contribution in [0.4, 0.5) is 5.82 Å². The zero-order valence-electron chi connectivity index (χ0n) is 24.0. The SMILES string of the molecule is Cc1ccc(-n2nc(C(C)(C)C)cc2NC(=O)C(=O)c2ccc(OCCN3CC[S+]([O-])CC3)c3ccccc23)cc1. The molecule has 0 saturated carbocycles. The van der Waals surface area contributed by atoms with Gasteiger partial charge in [-0.15, -0.1) is 0 Å². The van der Waals surface area contributed by atoms with Crippen LogP contribution in [0.5, 0.6) is 5.75 Å². The molecule has 1 fully saturated rings. The maximum atomic E-state index is 13.5. The Hall–Kier alpha value is -3.66. The number of carbonyl (C=O) groups is 2. The summed E-state index contributed by atoms with van der Waals surface area (Å²) in [5.41, 5.74) is 2.75. The Morgan fingerprint density at radius 3 is 2.37 bits per heavy atom. The van der Waals surface area contributed by atoms with E-state index in [4.69, 9.17) is 9.84 Å². The zero-order chi connectivity index (χ0) is 29.1. The summed E-state index contributed by atoms with van der Waals surface area (Å²) >= 11 is -0.712. The lowest BCUT2D eigenvalue weighted by atomic mass is 9.92. The average molecular weight is 573 g/mol. The van der Waals surface area contributed by atoms with Crippen LogP contribution in [0, 0.1) is 6.92 Å². The minimum atomic E-state index is -0.736. The lowest BCUT2D eigenvalue weighted by Crippen LogP contribution is -2.42. The van der Waals surface area contributed by atoms with E-state index >= 15 is 0 Å². The first-order chi connectivity index (χ1) is 19.6. The lowest BCUT2D eigenvalue weighted by Gasteiger charge is -2.27. The van der Waals surface area contributed by atoms with Gasteiger partial charge < -0.3 is 14.6 Å². The van der Waals surface area contributed by atoms with Gasteiger partial charge in [-0.2, -0.15) is 5.10 Å². The van der Waals surface area contributed by atoms with Crippen LogP contribution in [0.2, 0.25) is 0 Å². The van der Waals surface area contributed by atoms with Gasteiger partial charge in [-0.05, 0) is 36.6 Å². The molecule has 0 spiro atoms. The van der Waals surface area contributed by atoms with Crippen LogP contribution in [0.15, 0.2) is 66.7 Å². The Bertz CT molecular complexity index is 1550. The monoisotopic (exact) mass is 572 g/mol. The summed E-state index contributed by atoms with van der Waals surface area (Å²) < 4.78 is 19.4. The minimum Gasteiger partial charge on any atom is -0.616 e. The molecule has 1 aromatic heterocycles. The molecule has 4 aromatic rings. The van der Waals surface area contributed by atoms with Gasteiger partial charge in [-0.1, -0.05) is 73.9 Å². The summed E-state index contributed by atoms with van der Waals surface area (Å²) in [6, 6.07) is 20.5. The van der Waals surface area contributed by atoms with E-state index < -0.39 is 22.9 Å². The number of hydrogen-bond acceptors (Lipinski definition) is 6. The molecule has 0 atom stereocenters. The molecule has 8 nitrogen and oxygen atoms in total. The highest BCUT2D eigenvalue weighted by molar-refractivity contribution is 7.91. The number of fused-ring (bicyclic) bond motifs is 1. The molecule has 9 heteroatoms. The normalized spacial score (nSPS) is 14.8. The second kappa shape index (κ2) is 12.1. The summed E-state index contributed by atoms with van der Waals surface area (Å²) in [6.07, 6.45) is 0. The molecule has 2 heterocycles. The predicted molar refractivity (Wildman–Crippen MR) is 164 cm³/mol. The number of nitrogens with zero attached hydrogens (tertiary/aromatic N) is 3. The van der Waals surface area contributed by atoms with Gasteiger partial charge in [0.1, 0.15) is 29.7 Å². The van der Waals surface area contributed by atoms with Crippen molar-refractivity contribution in [3.8, 4) is 11.4 Å². The van der Waals surface area contributed by atoms with Gasteiger partial charge in [0.05, 0.1) is 11.4 Å². The Morgan fingerprint density at radius 1 is 1.00 bits per heavy atom.